The summed E-state index contributed by atoms with van der Waals surface area (Å²) in [7, 11) is 0. The number of halogens is 2. The Kier molecular flexibility index (Phi) is 5.35. The number of likely N-dealkylation sites (tertiary alicyclic amines) is 1. The molecular formula is C24H21ClFN5O. The Balaban J connectivity index is 1.44. The second-order valence-electron chi connectivity index (χ2n) is 8.05. The van der Waals surface area contributed by atoms with Gasteiger partial charge in [0.1, 0.15) is 23.0 Å². The molecule has 1 amide bonds. The third kappa shape index (κ3) is 3.96. The zero-order chi connectivity index (χ0) is 22.2. The minimum atomic E-state index is -0.286. The summed E-state index contributed by atoms with van der Waals surface area (Å²) < 4.78 is 15.2. The van der Waals surface area contributed by atoms with E-state index in [0.29, 0.717) is 35.3 Å². The molecule has 1 atom stereocenters. The molecule has 6 nitrogen and oxygen atoms in total. The number of amides is 1. The molecule has 162 valence electrons. The van der Waals surface area contributed by atoms with Gasteiger partial charge in [0.15, 0.2) is 0 Å². The molecule has 0 N–H and O–H groups in total. The highest BCUT2D eigenvalue weighted by Crippen LogP contribution is 2.33. The lowest BCUT2D eigenvalue weighted by molar-refractivity contribution is 0.0700. The monoisotopic (exact) mass is 449 g/mol. The molecule has 0 saturated carbocycles. The van der Waals surface area contributed by atoms with E-state index in [0.717, 1.165) is 29.7 Å². The van der Waals surface area contributed by atoms with Crippen molar-refractivity contribution in [3.05, 3.63) is 83.0 Å². The molecule has 32 heavy (non-hydrogen) atoms. The Labute approximate surface area is 189 Å². The Morgan fingerprint density at radius 3 is 2.75 bits per heavy atom. The Morgan fingerprint density at radius 1 is 1.12 bits per heavy atom. The number of piperidine rings is 1. The largest absolute Gasteiger partial charge is 0.337 e. The molecule has 0 aliphatic carbocycles. The summed E-state index contributed by atoms with van der Waals surface area (Å²) in [5, 5.41) is 0.583. The molecule has 0 spiro atoms. The second-order valence-corrected chi connectivity index (χ2v) is 8.49. The zero-order valence-electron chi connectivity index (χ0n) is 17.5. The smallest absolute Gasteiger partial charge is 0.274 e. The fraction of sp³-hybridized carbons (Fsp3) is 0.250. The van der Waals surface area contributed by atoms with E-state index in [9.17, 15) is 9.18 Å². The molecule has 8 heteroatoms. The van der Waals surface area contributed by atoms with Gasteiger partial charge in [0.25, 0.3) is 5.91 Å². The first-order chi connectivity index (χ1) is 15.5. The van der Waals surface area contributed by atoms with Gasteiger partial charge in [0.2, 0.25) is 0 Å². The van der Waals surface area contributed by atoms with Crippen molar-refractivity contribution in [2.24, 2.45) is 0 Å². The molecule has 1 saturated heterocycles. The number of aromatic nitrogens is 4. The standard InChI is InChI=1S/C24H21ClFN5O/c1-15-27-11-20(16-4-7-19(26)8-5-16)23(28-15)17-3-2-10-30(12-17)24(32)21-14-31-13-18(25)6-9-22(31)29-21/h4-9,11,13-14,17H,2-3,10,12H2,1H3. The summed E-state index contributed by atoms with van der Waals surface area (Å²) in [5.41, 5.74) is 3.70. The lowest BCUT2D eigenvalue weighted by atomic mass is 9.89. The zero-order valence-corrected chi connectivity index (χ0v) is 18.3. The number of aryl methyl sites for hydroxylation is 1. The minimum Gasteiger partial charge on any atom is -0.337 e. The van der Waals surface area contributed by atoms with Crippen LogP contribution in [0, 0.1) is 12.7 Å². The minimum absolute atomic E-state index is 0.0564. The third-order valence-electron chi connectivity index (χ3n) is 5.82. The average Bonchev–Trinajstić information content (AvgIpc) is 3.22. The van der Waals surface area contributed by atoms with Gasteiger partial charge in [-0.1, -0.05) is 23.7 Å². The number of pyridine rings is 1. The molecule has 1 aromatic carbocycles. The van der Waals surface area contributed by atoms with Gasteiger partial charge in [-0.3, -0.25) is 4.79 Å². The van der Waals surface area contributed by atoms with Crippen molar-refractivity contribution in [3.63, 3.8) is 0 Å². The second kappa shape index (κ2) is 8.31. The van der Waals surface area contributed by atoms with Gasteiger partial charge in [0.05, 0.1) is 10.7 Å². The summed E-state index contributed by atoms with van der Waals surface area (Å²) in [6, 6.07) is 9.89. The van der Waals surface area contributed by atoms with Gasteiger partial charge in [0, 0.05) is 43.2 Å². The van der Waals surface area contributed by atoms with Crippen molar-refractivity contribution < 1.29 is 9.18 Å². The van der Waals surface area contributed by atoms with Crippen LogP contribution in [0.25, 0.3) is 16.8 Å². The van der Waals surface area contributed by atoms with Gasteiger partial charge in [-0.2, -0.15) is 0 Å². The molecular weight excluding hydrogens is 429 g/mol. The van der Waals surface area contributed by atoms with Gasteiger partial charge in [-0.05, 0) is 49.6 Å². The molecule has 0 radical (unpaired) electrons. The van der Waals surface area contributed by atoms with E-state index < -0.39 is 0 Å². The molecule has 5 rings (SSSR count). The normalized spacial score (nSPS) is 16.5. The number of fused-ring (bicyclic) bond motifs is 1. The predicted molar refractivity (Wildman–Crippen MR) is 120 cm³/mol. The van der Waals surface area contributed by atoms with Crippen LogP contribution in [0.4, 0.5) is 4.39 Å². The van der Waals surface area contributed by atoms with Crippen molar-refractivity contribution in [1.29, 1.82) is 0 Å². The number of carbonyl (C=O) groups is 1. The first-order valence-corrected chi connectivity index (χ1v) is 10.9. The van der Waals surface area contributed by atoms with Gasteiger partial charge in [-0.15, -0.1) is 0 Å². The van der Waals surface area contributed by atoms with Crippen LogP contribution in [0.15, 0.2) is 55.0 Å². The van der Waals surface area contributed by atoms with E-state index in [2.05, 4.69) is 9.97 Å². The topological polar surface area (TPSA) is 63.4 Å². The number of hydrogen-bond acceptors (Lipinski definition) is 4. The molecule has 4 heterocycles. The van der Waals surface area contributed by atoms with Crippen molar-refractivity contribution in [3.8, 4) is 11.1 Å². The number of imidazole rings is 1. The first-order valence-electron chi connectivity index (χ1n) is 10.5. The lowest BCUT2D eigenvalue weighted by Crippen LogP contribution is -2.39. The number of carbonyl (C=O) groups excluding carboxylic acids is 1. The predicted octanol–water partition coefficient (Wildman–Crippen LogP) is 4.91. The molecule has 4 aromatic rings. The van der Waals surface area contributed by atoms with Crippen molar-refractivity contribution in [2.75, 3.05) is 13.1 Å². The number of rotatable bonds is 3. The molecule has 1 aliphatic heterocycles. The highest BCUT2D eigenvalue weighted by atomic mass is 35.5. The lowest BCUT2D eigenvalue weighted by Gasteiger charge is -2.33. The van der Waals surface area contributed by atoms with Crippen LogP contribution in [0.1, 0.15) is 40.8 Å². The van der Waals surface area contributed by atoms with Gasteiger partial charge in [-0.25, -0.2) is 19.3 Å². The number of benzene rings is 1. The Hall–Kier alpha value is -3.32. The molecule has 1 unspecified atom stereocenters. The summed E-state index contributed by atoms with van der Waals surface area (Å²) in [5.74, 6) is 0.336. The van der Waals surface area contributed by atoms with Crippen LogP contribution in [0.3, 0.4) is 0 Å². The van der Waals surface area contributed by atoms with Gasteiger partial charge >= 0.3 is 0 Å². The first kappa shape index (κ1) is 20.6. The maximum Gasteiger partial charge on any atom is 0.274 e. The molecule has 1 aliphatic rings. The van der Waals surface area contributed by atoms with Crippen LogP contribution < -0.4 is 0 Å². The highest BCUT2D eigenvalue weighted by molar-refractivity contribution is 6.30. The van der Waals surface area contributed by atoms with E-state index in [-0.39, 0.29) is 17.6 Å². The van der Waals surface area contributed by atoms with Crippen LogP contribution in [0.5, 0.6) is 0 Å². The summed E-state index contributed by atoms with van der Waals surface area (Å²) in [6.07, 6.45) is 7.01. The van der Waals surface area contributed by atoms with E-state index in [1.54, 1.807) is 47.3 Å². The van der Waals surface area contributed by atoms with Crippen molar-refractivity contribution >= 4 is 23.2 Å². The van der Waals surface area contributed by atoms with E-state index >= 15 is 0 Å². The molecule has 1 fully saturated rings. The Morgan fingerprint density at radius 2 is 1.94 bits per heavy atom. The van der Waals surface area contributed by atoms with E-state index in [1.807, 2.05) is 11.8 Å². The van der Waals surface area contributed by atoms with Crippen molar-refractivity contribution in [2.45, 2.75) is 25.7 Å². The SMILES string of the molecule is Cc1ncc(-c2ccc(F)cc2)c(C2CCCN(C(=O)c3cn4cc(Cl)ccc4n3)C2)n1. The van der Waals surface area contributed by atoms with Crippen LogP contribution >= 0.6 is 11.6 Å². The number of nitrogens with zero attached hydrogens (tertiary/aromatic N) is 5. The maximum absolute atomic E-state index is 13.4. The fourth-order valence-corrected chi connectivity index (χ4v) is 4.43. The summed E-state index contributed by atoms with van der Waals surface area (Å²) in [6.45, 7) is 3.06. The van der Waals surface area contributed by atoms with Gasteiger partial charge < -0.3 is 9.30 Å². The number of hydrogen-bond donors (Lipinski definition) is 0. The average molecular weight is 450 g/mol. The van der Waals surface area contributed by atoms with Crippen LogP contribution in [-0.4, -0.2) is 43.2 Å². The highest BCUT2D eigenvalue weighted by Gasteiger charge is 2.29. The third-order valence-corrected chi connectivity index (χ3v) is 6.05. The summed E-state index contributed by atoms with van der Waals surface area (Å²) >= 11 is 6.05. The molecule has 3 aromatic heterocycles. The summed E-state index contributed by atoms with van der Waals surface area (Å²) in [4.78, 5) is 28.6. The van der Waals surface area contributed by atoms with E-state index in [4.69, 9.17) is 16.6 Å². The van der Waals surface area contributed by atoms with Crippen LogP contribution in [-0.2, 0) is 0 Å². The fourth-order valence-electron chi connectivity index (χ4n) is 4.27. The van der Waals surface area contributed by atoms with Crippen LogP contribution in [0.2, 0.25) is 5.02 Å². The van der Waals surface area contributed by atoms with E-state index in [1.165, 1.54) is 12.1 Å². The maximum atomic E-state index is 13.4. The quantitative estimate of drug-likeness (QED) is 0.445. The van der Waals surface area contributed by atoms with Crippen molar-refractivity contribution in [1.82, 2.24) is 24.3 Å². The Bertz CT molecular complexity index is 1300. The molecule has 0 bridgehead atoms.